The normalized spacial score (nSPS) is 17.8. The van der Waals surface area contributed by atoms with Crippen molar-refractivity contribution in [2.45, 2.75) is 6.54 Å². The minimum Gasteiger partial charge on any atom is -0.468 e. The lowest BCUT2D eigenvalue weighted by Gasteiger charge is -2.38. The van der Waals surface area contributed by atoms with Gasteiger partial charge in [-0.05, 0) is 12.1 Å². The Morgan fingerprint density at radius 1 is 1.62 bits per heavy atom. The van der Waals surface area contributed by atoms with E-state index in [1.807, 2.05) is 12.1 Å². The fourth-order valence-electron chi connectivity index (χ4n) is 1.70. The molecule has 0 unspecified atom stereocenters. The van der Waals surface area contributed by atoms with Gasteiger partial charge in [0, 0.05) is 6.54 Å². The Hall–Kier alpha value is -1.33. The first-order valence-corrected chi connectivity index (χ1v) is 5.16. The number of rotatable bonds is 5. The molecule has 5 nitrogen and oxygen atoms in total. The molecule has 0 saturated carbocycles. The molecular weight excluding hydrogens is 210 g/mol. The zero-order chi connectivity index (χ0) is 11.4. The first kappa shape index (κ1) is 11.2. The van der Waals surface area contributed by atoms with Gasteiger partial charge < -0.3 is 19.2 Å². The van der Waals surface area contributed by atoms with E-state index in [9.17, 15) is 4.79 Å². The van der Waals surface area contributed by atoms with Gasteiger partial charge in [-0.2, -0.15) is 0 Å². The van der Waals surface area contributed by atoms with E-state index >= 15 is 0 Å². The highest BCUT2D eigenvalue weighted by Gasteiger charge is 2.46. The standard InChI is InChI=1S/C11H15NO4/c1-14-10(13)11(7-15-8-11)6-12-5-9-3-2-4-16-9/h2-4,12H,5-8H2,1H3. The average molecular weight is 225 g/mol. The van der Waals surface area contributed by atoms with Crippen molar-refractivity contribution in [3.63, 3.8) is 0 Å². The summed E-state index contributed by atoms with van der Waals surface area (Å²) in [5.41, 5.74) is -0.513. The number of hydrogen-bond donors (Lipinski definition) is 1. The summed E-state index contributed by atoms with van der Waals surface area (Å²) in [6.07, 6.45) is 1.62. The molecule has 5 heteroatoms. The average Bonchev–Trinajstić information content (AvgIpc) is 2.74. The Bertz CT molecular complexity index is 343. The van der Waals surface area contributed by atoms with Crippen molar-refractivity contribution < 1.29 is 18.7 Å². The van der Waals surface area contributed by atoms with Crippen LogP contribution >= 0.6 is 0 Å². The minimum atomic E-state index is -0.513. The molecule has 1 aromatic heterocycles. The maximum absolute atomic E-state index is 11.5. The molecule has 2 heterocycles. The fourth-order valence-corrected chi connectivity index (χ4v) is 1.70. The molecule has 88 valence electrons. The van der Waals surface area contributed by atoms with Gasteiger partial charge in [0.2, 0.25) is 0 Å². The lowest BCUT2D eigenvalue weighted by atomic mass is 9.86. The summed E-state index contributed by atoms with van der Waals surface area (Å²) in [4.78, 5) is 11.5. The summed E-state index contributed by atoms with van der Waals surface area (Å²) in [5.74, 6) is 0.631. The van der Waals surface area contributed by atoms with Crippen molar-refractivity contribution in [3.8, 4) is 0 Å². The first-order chi connectivity index (χ1) is 7.77. The van der Waals surface area contributed by atoms with Crippen molar-refractivity contribution in [1.29, 1.82) is 0 Å². The highest BCUT2D eigenvalue weighted by Crippen LogP contribution is 2.28. The summed E-state index contributed by atoms with van der Waals surface area (Å²) in [7, 11) is 1.40. The van der Waals surface area contributed by atoms with Crippen LogP contribution in [0.25, 0.3) is 0 Å². The van der Waals surface area contributed by atoms with Crippen molar-refractivity contribution in [2.24, 2.45) is 5.41 Å². The number of carbonyl (C=O) groups is 1. The Morgan fingerprint density at radius 2 is 2.44 bits per heavy atom. The van der Waals surface area contributed by atoms with Crippen molar-refractivity contribution in [1.82, 2.24) is 5.32 Å². The van der Waals surface area contributed by atoms with Crippen LogP contribution in [-0.2, 0) is 20.8 Å². The SMILES string of the molecule is COC(=O)C1(CNCc2ccco2)COC1. The smallest absolute Gasteiger partial charge is 0.317 e. The summed E-state index contributed by atoms with van der Waals surface area (Å²) >= 11 is 0. The topological polar surface area (TPSA) is 60.7 Å². The zero-order valence-electron chi connectivity index (χ0n) is 9.19. The van der Waals surface area contributed by atoms with Crippen molar-refractivity contribution in [3.05, 3.63) is 24.2 Å². The molecule has 2 rings (SSSR count). The van der Waals surface area contributed by atoms with Gasteiger partial charge in [-0.25, -0.2) is 0 Å². The highest BCUT2D eigenvalue weighted by atomic mass is 16.5. The third kappa shape index (κ3) is 2.10. The largest absolute Gasteiger partial charge is 0.468 e. The molecule has 1 saturated heterocycles. The second-order valence-electron chi connectivity index (χ2n) is 3.95. The maximum Gasteiger partial charge on any atom is 0.317 e. The minimum absolute atomic E-state index is 0.217. The zero-order valence-corrected chi connectivity index (χ0v) is 9.19. The van der Waals surface area contributed by atoms with Gasteiger partial charge in [0.15, 0.2) is 0 Å². The van der Waals surface area contributed by atoms with E-state index < -0.39 is 5.41 Å². The number of carbonyl (C=O) groups excluding carboxylic acids is 1. The Labute approximate surface area is 93.7 Å². The summed E-state index contributed by atoms with van der Waals surface area (Å²) in [5, 5.41) is 3.17. The van der Waals surface area contributed by atoms with E-state index in [2.05, 4.69) is 5.32 Å². The molecule has 0 amide bonds. The van der Waals surface area contributed by atoms with E-state index in [1.54, 1.807) is 6.26 Å². The van der Waals surface area contributed by atoms with Crippen LogP contribution in [0.15, 0.2) is 22.8 Å². The van der Waals surface area contributed by atoms with E-state index in [0.29, 0.717) is 26.3 Å². The van der Waals surface area contributed by atoms with Crippen LogP contribution in [0.5, 0.6) is 0 Å². The van der Waals surface area contributed by atoms with Gasteiger partial charge in [-0.15, -0.1) is 0 Å². The number of hydrogen-bond acceptors (Lipinski definition) is 5. The molecule has 0 bridgehead atoms. The van der Waals surface area contributed by atoms with Gasteiger partial charge in [-0.1, -0.05) is 0 Å². The van der Waals surface area contributed by atoms with Crippen LogP contribution in [0.2, 0.25) is 0 Å². The van der Waals surface area contributed by atoms with E-state index in [-0.39, 0.29) is 5.97 Å². The molecule has 0 aliphatic carbocycles. The van der Waals surface area contributed by atoms with E-state index in [4.69, 9.17) is 13.9 Å². The predicted molar refractivity (Wildman–Crippen MR) is 55.7 cm³/mol. The molecule has 1 aliphatic heterocycles. The number of methoxy groups -OCH3 is 1. The van der Waals surface area contributed by atoms with Crippen LogP contribution in [0.4, 0.5) is 0 Å². The van der Waals surface area contributed by atoms with Gasteiger partial charge in [0.1, 0.15) is 11.2 Å². The lowest BCUT2D eigenvalue weighted by molar-refractivity contribution is -0.182. The molecule has 0 atom stereocenters. The van der Waals surface area contributed by atoms with Gasteiger partial charge in [0.05, 0.1) is 33.1 Å². The second kappa shape index (κ2) is 4.67. The third-order valence-corrected chi connectivity index (χ3v) is 2.72. The van der Waals surface area contributed by atoms with Crippen LogP contribution in [0.1, 0.15) is 5.76 Å². The fraction of sp³-hybridized carbons (Fsp3) is 0.545. The van der Waals surface area contributed by atoms with Crippen molar-refractivity contribution >= 4 is 5.97 Å². The molecular formula is C11H15NO4. The summed E-state index contributed by atoms with van der Waals surface area (Å²) in [6, 6.07) is 3.72. The lowest BCUT2D eigenvalue weighted by Crippen LogP contribution is -2.55. The van der Waals surface area contributed by atoms with Crippen LogP contribution in [0.3, 0.4) is 0 Å². The van der Waals surface area contributed by atoms with Crippen LogP contribution in [-0.4, -0.2) is 32.8 Å². The molecule has 1 aromatic rings. The molecule has 1 aliphatic rings. The van der Waals surface area contributed by atoms with Gasteiger partial charge in [-0.3, -0.25) is 4.79 Å². The van der Waals surface area contributed by atoms with Gasteiger partial charge in [0.25, 0.3) is 0 Å². The second-order valence-corrected chi connectivity index (χ2v) is 3.95. The Morgan fingerprint density at radius 3 is 2.94 bits per heavy atom. The molecule has 0 spiro atoms. The Balaban J connectivity index is 1.81. The highest BCUT2D eigenvalue weighted by molar-refractivity contribution is 5.78. The first-order valence-electron chi connectivity index (χ1n) is 5.16. The number of esters is 1. The van der Waals surface area contributed by atoms with Gasteiger partial charge >= 0.3 is 5.97 Å². The predicted octanol–water partition coefficient (Wildman–Crippen LogP) is 0.559. The molecule has 1 N–H and O–H groups in total. The summed E-state index contributed by atoms with van der Waals surface area (Å²) in [6.45, 7) is 1.99. The number of nitrogens with one attached hydrogen (secondary N) is 1. The molecule has 1 fully saturated rings. The number of ether oxygens (including phenoxy) is 2. The number of furan rings is 1. The van der Waals surface area contributed by atoms with Crippen molar-refractivity contribution in [2.75, 3.05) is 26.9 Å². The molecule has 0 aromatic carbocycles. The van der Waals surface area contributed by atoms with Crippen LogP contribution < -0.4 is 5.32 Å². The third-order valence-electron chi connectivity index (χ3n) is 2.72. The molecule has 16 heavy (non-hydrogen) atoms. The van der Waals surface area contributed by atoms with Crippen LogP contribution in [0, 0.1) is 5.41 Å². The quantitative estimate of drug-likeness (QED) is 0.742. The summed E-state index contributed by atoms with van der Waals surface area (Å²) < 4.78 is 15.0. The Kier molecular flexibility index (Phi) is 3.26. The molecule has 0 radical (unpaired) electrons. The maximum atomic E-state index is 11.5. The van der Waals surface area contributed by atoms with E-state index in [1.165, 1.54) is 7.11 Å². The van der Waals surface area contributed by atoms with E-state index in [0.717, 1.165) is 5.76 Å². The monoisotopic (exact) mass is 225 g/mol.